The van der Waals surface area contributed by atoms with Crippen molar-refractivity contribution in [2.45, 2.75) is 0 Å². The highest BCUT2D eigenvalue weighted by Gasteiger charge is 2.21. The Labute approximate surface area is 277 Å². The Hall–Kier alpha value is -6.88. The van der Waals surface area contributed by atoms with Crippen molar-refractivity contribution in [2.24, 2.45) is 0 Å². The zero-order valence-electron chi connectivity index (χ0n) is 25.8. The molecule has 0 radical (unpaired) electrons. The van der Waals surface area contributed by atoms with E-state index in [0.717, 1.165) is 55.7 Å². The van der Waals surface area contributed by atoms with E-state index in [1.54, 1.807) is 0 Å². The van der Waals surface area contributed by atoms with Crippen LogP contribution in [0.4, 0.5) is 0 Å². The van der Waals surface area contributed by atoms with Crippen molar-refractivity contribution >= 4 is 43.6 Å². The van der Waals surface area contributed by atoms with Crippen LogP contribution in [-0.4, -0.2) is 9.13 Å². The molecule has 4 heteroatoms. The van der Waals surface area contributed by atoms with E-state index in [9.17, 15) is 10.5 Å². The highest BCUT2D eigenvalue weighted by atomic mass is 15.0. The molecule has 2 heterocycles. The second-order valence-electron chi connectivity index (χ2n) is 11.9. The first-order valence-electron chi connectivity index (χ1n) is 15.9. The number of hydrogen-bond acceptors (Lipinski definition) is 2. The largest absolute Gasteiger partial charge is 0.309 e. The molecule has 0 unspecified atom stereocenters. The second kappa shape index (κ2) is 10.9. The van der Waals surface area contributed by atoms with E-state index < -0.39 is 0 Å². The molecule has 2 aromatic heterocycles. The molecule has 0 bridgehead atoms. The third-order valence-electron chi connectivity index (χ3n) is 9.44. The molecule has 0 spiro atoms. The van der Waals surface area contributed by atoms with Crippen LogP contribution in [0.1, 0.15) is 11.1 Å². The Morgan fingerprint density at radius 1 is 0.375 bits per heavy atom. The van der Waals surface area contributed by atoms with Gasteiger partial charge in [0.1, 0.15) is 6.07 Å². The smallest absolute Gasteiger partial charge is 0.100 e. The molecule has 4 nitrogen and oxygen atoms in total. The fourth-order valence-electron chi connectivity index (χ4n) is 7.39. The number of hydrogen-bond donors (Lipinski definition) is 0. The van der Waals surface area contributed by atoms with Gasteiger partial charge in [0.2, 0.25) is 0 Å². The molecular weight excluding hydrogens is 585 g/mol. The van der Waals surface area contributed by atoms with Crippen molar-refractivity contribution in [2.75, 3.05) is 0 Å². The van der Waals surface area contributed by atoms with Crippen molar-refractivity contribution in [1.82, 2.24) is 9.13 Å². The summed E-state index contributed by atoms with van der Waals surface area (Å²) in [5.41, 5.74) is 10.6. The molecular formula is C44H26N4. The van der Waals surface area contributed by atoms with Crippen LogP contribution in [0.3, 0.4) is 0 Å². The fourth-order valence-corrected chi connectivity index (χ4v) is 7.39. The van der Waals surface area contributed by atoms with Gasteiger partial charge in [0.25, 0.3) is 0 Å². The minimum absolute atomic E-state index is 0.517. The highest BCUT2D eigenvalue weighted by Crippen LogP contribution is 2.40. The first kappa shape index (κ1) is 27.4. The van der Waals surface area contributed by atoms with Gasteiger partial charge in [0, 0.05) is 49.5 Å². The minimum Gasteiger partial charge on any atom is -0.309 e. The number of benzene rings is 7. The van der Waals surface area contributed by atoms with Crippen LogP contribution in [0, 0.1) is 22.7 Å². The Morgan fingerprint density at radius 3 is 1.38 bits per heavy atom. The van der Waals surface area contributed by atoms with Crippen molar-refractivity contribution in [3.63, 3.8) is 0 Å². The van der Waals surface area contributed by atoms with Gasteiger partial charge in [-0.25, -0.2) is 0 Å². The molecule has 0 saturated carbocycles. The third-order valence-corrected chi connectivity index (χ3v) is 9.44. The summed E-state index contributed by atoms with van der Waals surface area (Å²) in [6.07, 6.45) is 0. The number of rotatable bonds is 4. The van der Waals surface area contributed by atoms with Crippen LogP contribution in [0.15, 0.2) is 158 Å². The van der Waals surface area contributed by atoms with Gasteiger partial charge < -0.3 is 9.13 Å². The number of nitrogens with zero attached hydrogens (tertiary/aromatic N) is 4. The average Bonchev–Trinajstić information content (AvgIpc) is 3.67. The lowest BCUT2D eigenvalue weighted by Gasteiger charge is -2.17. The van der Waals surface area contributed by atoms with Crippen molar-refractivity contribution < 1.29 is 0 Å². The Morgan fingerprint density at radius 2 is 0.833 bits per heavy atom. The van der Waals surface area contributed by atoms with Crippen LogP contribution >= 0.6 is 0 Å². The maximum absolute atomic E-state index is 10.8. The number of para-hydroxylation sites is 5. The lowest BCUT2D eigenvalue weighted by molar-refractivity contribution is 1.18. The molecule has 9 aromatic rings. The van der Waals surface area contributed by atoms with Gasteiger partial charge in [-0.1, -0.05) is 109 Å². The monoisotopic (exact) mass is 610 g/mol. The van der Waals surface area contributed by atoms with Crippen molar-refractivity contribution in [3.05, 3.63) is 169 Å². The van der Waals surface area contributed by atoms with Crippen LogP contribution in [0.25, 0.3) is 77.2 Å². The zero-order valence-corrected chi connectivity index (χ0v) is 25.8. The maximum Gasteiger partial charge on any atom is 0.100 e. The topological polar surface area (TPSA) is 57.4 Å². The summed E-state index contributed by atoms with van der Waals surface area (Å²) in [6.45, 7) is 0. The summed E-state index contributed by atoms with van der Waals surface area (Å²) in [7, 11) is 0. The highest BCUT2D eigenvalue weighted by molar-refractivity contribution is 6.10. The first-order chi connectivity index (χ1) is 23.8. The standard InChI is InChI=1S/C44H26N4/c45-27-29-24-25-30(47-40-19-6-2-13-34(40)35-14-3-7-20-41(35)47)26-38(29)32-18-11-17-31(39(32)28-46)33-12-1-8-21-42(33)48-43-22-9-4-15-36(43)37-16-5-10-23-44(37)48/h1-26H. The SMILES string of the molecule is N#Cc1ccc(-n2c3ccccc3c3ccccc32)cc1-c1cccc(-c2ccccc2-n2c3ccccc3c3ccccc32)c1C#N. The van der Waals surface area contributed by atoms with E-state index in [2.05, 4.69) is 124 Å². The summed E-state index contributed by atoms with van der Waals surface area (Å²) in [4.78, 5) is 0. The Balaban J connectivity index is 1.28. The van der Waals surface area contributed by atoms with Crippen LogP contribution < -0.4 is 0 Å². The van der Waals surface area contributed by atoms with E-state index in [0.29, 0.717) is 11.1 Å². The predicted molar refractivity (Wildman–Crippen MR) is 195 cm³/mol. The molecule has 0 aliphatic rings. The lowest BCUT2D eigenvalue weighted by atomic mass is 9.89. The summed E-state index contributed by atoms with van der Waals surface area (Å²) < 4.78 is 4.53. The first-order valence-corrected chi connectivity index (χ1v) is 15.9. The van der Waals surface area contributed by atoms with Gasteiger partial charge >= 0.3 is 0 Å². The van der Waals surface area contributed by atoms with Gasteiger partial charge in [-0.3, -0.25) is 0 Å². The molecule has 0 saturated heterocycles. The van der Waals surface area contributed by atoms with E-state index in [4.69, 9.17) is 0 Å². The quantitative estimate of drug-likeness (QED) is 0.199. The molecule has 7 aromatic carbocycles. The van der Waals surface area contributed by atoms with Crippen LogP contribution in [0.5, 0.6) is 0 Å². The number of aromatic nitrogens is 2. The average molecular weight is 611 g/mol. The minimum atomic E-state index is 0.517. The molecule has 0 atom stereocenters. The van der Waals surface area contributed by atoms with Gasteiger partial charge in [-0.05, 0) is 48.5 Å². The molecule has 48 heavy (non-hydrogen) atoms. The molecule has 9 rings (SSSR count). The van der Waals surface area contributed by atoms with Gasteiger partial charge in [-0.2, -0.15) is 10.5 Å². The number of nitriles is 2. The van der Waals surface area contributed by atoms with Crippen LogP contribution in [-0.2, 0) is 0 Å². The summed E-state index contributed by atoms with van der Waals surface area (Å²) >= 11 is 0. The van der Waals surface area contributed by atoms with Crippen molar-refractivity contribution in [1.29, 1.82) is 10.5 Å². The van der Waals surface area contributed by atoms with Gasteiger partial charge in [0.05, 0.1) is 45.0 Å². The summed E-state index contributed by atoms with van der Waals surface area (Å²) in [5, 5.41) is 25.9. The van der Waals surface area contributed by atoms with E-state index in [1.807, 2.05) is 54.6 Å². The second-order valence-corrected chi connectivity index (χ2v) is 11.9. The van der Waals surface area contributed by atoms with Gasteiger partial charge in [0.15, 0.2) is 0 Å². The Bertz CT molecular complexity index is 2710. The van der Waals surface area contributed by atoms with Crippen LogP contribution in [0.2, 0.25) is 0 Å². The molecule has 0 N–H and O–H groups in total. The summed E-state index contributed by atoms with van der Waals surface area (Å²) in [6, 6.07) is 58.7. The number of fused-ring (bicyclic) bond motifs is 6. The van der Waals surface area contributed by atoms with E-state index in [-0.39, 0.29) is 0 Å². The van der Waals surface area contributed by atoms with Crippen molar-refractivity contribution in [3.8, 4) is 45.8 Å². The Kier molecular flexibility index (Phi) is 6.22. The lowest BCUT2D eigenvalue weighted by Crippen LogP contribution is -2.00. The maximum atomic E-state index is 10.8. The van der Waals surface area contributed by atoms with E-state index in [1.165, 1.54) is 21.5 Å². The molecule has 222 valence electrons. The molecule has 0 fully saturated rings. The van der Waals surface area contributed by atoms with Gasteiger partial charge in [-0.15, -0.1) is 0 Å². The zero-order chi connectivity index (χ0) is 32.2. The summed E-state index contributed by atoms with van der Waals surface area (Å²) in [5.74, 6) is 0. The van der Waals surface area contributed by atoms with E-state index >= 15 is 0 Å². The molecule has 0 amide bonds. The fraction of sp³-hybridized carbons (Fsp3) is 0. The third kappa shape index (κ3) is 4.01. The predicted octanol–water partition coefficient (Wildman–Crippen LogP) is 11.0. The molecule has 0 aliphatic heterocycles. The normalized spacial score (nSPS) is 11.3. The molecule has 0 aliphatic carbocycles.